The van der Waals surface area contributed by atoms with Crippen LogP contribution < -0.4 is 10.8 Å². The number of benzene rings is 1. The standard InChI is InChI=1S/C25H28F3N5O2/c1-14(16-5-4-6-17(20(16)26)21(27)28)30-22-18-13-19(25(34-3)7-11-35-12-8-25)24-29-9-10-33(24)23(18)32-15(2)31-22/h4-6,13-14,21,29H,7-12H2,1-3H3. The van der Waals surface area contributed by atoms with Crippen LogP contribution in [0.2, 0.25) is 0 Å². The zero-order chi connectivity index (χ0) is 24.7. The van der Waals surface area contributed by atoms with Crippen LogP contribution in [0.3, 0.4) is 0 Å². The van der Waals surface area contributed by atoms with Crippen molar-refractivity contribution >= 4 is 5.82 Å². The molecule has 1 aromatic carbocycles. The molecule has 35 heavy (non-hydrogen) atoms. The maximum Gasteiger partial charge on any atom is 0.266 e. The first-order chi connectivity index (χ1) is 16.8. The fraction of sp³-hybridized carbons (Fsp3) is 0.480. The first kappa shape index (κ1) is 23.7. The van der Waals surface area contributed by atoms with E-state index in [0.29, 0.717) is 55.3 Å². The number of aromatic nitrogens is 3. The van der Waals surface area contributed by atoms with Gasteiger partial charge in [-0.2, -0.15) is 0 Å². The van der Waals surface area contributed by atoms with Gasteiger partial charge in [0.1, 0.15) is 28.9 Å². The van der Waals surface area contributed by atoms with Crippen molar-refractivity contribution < 1.29 is 22.6 Å². The van der Waals surface area contributed by atoms with Gasteiger partial charge in [-0.25, -0.2) is 23.1 Å². The van der Waals surface area contributed by atoms with Crippen LogP contribution in [-0.2, 0) is 21.6 Å². The molecule has 4 aliphatic heterocycles. The van der Waals surface area contributed by atoms with Crippen molar-refractivity contribution in [3.05, 3.63) is 58.1 Å². The molecule has 1 unspecified atom stereocenters. The number of aryl methyl sites for hydroxylation is 1. The number of methoxy groups -OCH3 is 1. The van der Waals surface area contributed by atoms with E-state index >= 15 is 0 Å². The second kappa shape index (κ2) is 9.23. The van der Waals surface area contributed by atoms with E-state index in [-0.39, 0.29) is 5.56 Å². The van der Waals surface area contributed by atoms with Crippen molar-refractivity contribution in [1.29, 1.82) is 0 Å². The average Bonchev–Trinajstić information content (AvgIpc) is 3.34. The van der Waals surface area contributed by atoms with Gasteiger partial charge >= 0.3 is 0 Å². The summed E-state index contributed by atoms with van der Waals surface area (Å²) in [6.07, 6.45) is -1.50. The Kier molecular flexibility index (Phi) is 6.27. The summed E-state index contributed by atoms with van der Waals surface area (Å²) in [7, 11) is 1.71. The molecule has 1 fully saturated rings. The second-order valence-electron chi connectivity index (χ2n) is 8.98. The maximum atomic E-state index is 14.8. The summed E-state index contributed by atoms with van der Waals surface area (Å²) in [5.74, 6) is 1.25. The van der Waals surface area contributed by atoms with Crippen LogP contribution >= 0.6 is 0 Å². The van der Waals surface area contributed by atoms with Gasteiger partial charge in [0, 0.05) is 57.4 Å². The first-order valence-corrected chi connectivity index (χ1v) is 11.7. The molecule has 4 heterocycles. The van der Waals surface area contributed by atoms with Gasteiger partial charge in [-0.05, 0) is 19.9 Å². The summed E-state index contributed by atoms with van der Waals surface area (Å²) >= 11 is 0. The molecule has 0 aliphatic carbocycles. The Balaban J connectivity index is 1.71. The zero-order valence-electron chi connectivity index (χ0n) is 19.9. The molecule has 1 aromatic rings. The molecule has 0 aromatic heterocycles. The summed E-state index contributed by atoms with van der Waals surface area (Å²) in [4.78, 5) is 14.0. The fourth-order valence-electron chi connectivity index (χ4n) is 5.09. The molecule has 1 saturated heterocycles. The van der Waals surface area contributed by atoms with E-state index in [9.17, 15) is 13.2 Å². The third kappa shape index (κ3) is 4.08. The monoisotopic (exact) mass is 487 g/mol. The van der Waals surface area contributed by atoms with Crippen LogP contribution in [0.5, 0.6) is 0 Å². The lowest BCUT2D eigenvalue weighted by Gasteiger charge is -2.38. The molecule has 0 bridgehead atoms. The Morgan fingerprint density at radius 2 is 1.94 bits per heavy atom. The second-order valence-corrected chi connectivity index (χ2v) is 8.98. The number of ether oxygens (including phenoxy) is 2. The summed E-state index contributed by atoms with van der Waals surface area (Å²) < 4.78 is 55.1. The van der Waals surface area contributed by atoms with Crippen LogP contribution in [0, 0.1) is 12.7 Å². The van der Waals surface area contributed by atoms with E-state index in [4.69, 9.17) is 19.5 Å². The Morgan fingerprint density at radius 3 is 2.66 bits per heavy atom. The van der Waals surface area contributed by atoms with Crippen molar-refractivity contribution in [3.63, 3.8) is 0 Å². The molecule has 5 rings (SSSR count). The number of fused-ring (bicyclic) bond motifs is 3. The highest BCUT2D eigenvalue weighted by Gasteiger charge is 2.39. The van der Waals surface area contributed by atoms with Gasteiger partial charge in [-0.1, -0.05) is 18.2 Å². The first-order valence-electron chi connectivity index (χ1n) is 11.7. The minimum atomic E-state index is -2.90. The molecule has 0 amide bonds. The fourth-order valence-corrected chi connectivity index (χ4v) is 5.09. The van der Waals surface area contributed by atoms with Gasteiger partial charge in [-0.3, -0.25) is 4.99 Å². The molecule has 186 valence electrons. The predicted octanol–water partition coefficient (Wildman–Crippen LogP) is 4.51. The molecule has 10 heteroatoms. The lowest BCUT2D eigenvalue weighted by molar-refractivity contribution is -0.0945. The Hall–Kier alpha value is -2.98. The van der Waals surface area contributed by atoms with Crippen LogP contribution in [0.25, 0.3) is 11.4 Å². The normalized spacial score (nSPS) is 18.7. The van der Waals surface area contributed by atoms with Crippen molar-refractivity contribution in [3.8, 4) is 11.4 Å². The number of halogens is 3. The third-order valence-corrected chi connectivity index (χ3v) is 6.96. The topological polar surface area (TPSA) is 73.6 Å². The Morgan fingerprint density at radius 1 is 1.20 bits per heavy atom. The Labute approximate surface area is 201 Å². The van der Waals surface area contributed by atoms with E-state index in [1.54, 1.807) is 21.0 Å². The number of anilines is 1. The van der Waals surface area contributed by atoms with Crippen LogP contribution in [0.4, 0.5) is 19.0 Å². The summed E-state index contributed by atoms with van der Waals surface area (Å²) in [6, 6.07) is 5.28. The number of hydrogen-bond acceptors (Lipinski definition) is 6. The van der Waals surface area contributed by atoms with E-state index in [1.807, 2.05) is 6.07 Å². The van der Waals surface area contributed by atoms with Crippen LogP contribution in [0.15, 0.2) is 29.3 Å². The summed E-state index contributed by atoms with van der Waals surface area (Å²) in [5, 5.41) is 3.48. The molecular weight excluding hydrogens is 459 g/mol. The van der Waals surface area contributed by atoms with Gasteiger partial charge < -0.3 is 19.4 Å². The minimum absolute atomic E-state index is 0.0979. The average molecular weight is 488 g/mol. The smallest absolute Gasteiger partial charge is 0.266 e. The van der Waals surface area contributed by atoms with Crippen molar-refractivity contribution in [2.75, 3.05) is 32.2 Å². The van der Waals surface area contributed by atoms with E-state index in [0.717, 1.165) is 24.0 Å². The molecule has 0 saturated carbocycles. The quantitative estimate of drug-likeness (QED) is 0.574. The van der Waals surface area contributed by atoms with Gasteiger partial charge in [0.25, 0.3) is 6.43 Å². The van der Waals surface area contributed by atoms with Gasteiger partial charge in [-0.15, -0.1) is 0 Å². The zero-order valence-corrected chi connectivity index (χ0v) is 19.9. The third-order valence-electron chi connectivity index (χ3n) is 6.96. The molecule has 7 nitrogen and oxygen atoms in total. The highest BCUT2D eigenvalue weighted by molar-refractivity contribution is 5.67. The summed E-state index contributed by atoms with van der Waals surface area (Å²) in [6.45, 7) is 6.09. The van der Waals surface area contributed by atoms with Crippen LogP contribution in [0.1, 0.15) is 54.7 Å². The van der Waals surface area contributed by atoms with Crippen molar-refractivity contribution in [2.24, 2.45) is 4.99 Å². The molecule has 0 spiro atoms. The van der Waals surface area contributed by atoms with Gasteiger partial charge in [0.2, 0.25) is 0 Å². The maximum absolute atomic E-state index is 14.8. The number of nitrogens with zero attached hydrogens (tertiary/aromatic N) is 4. The molecule has 0 radical (unpaired) electrons. The number of rotatable bonds is 5. The minimum Gasteiger partial charge on any atom is -0.381 e. The van der Waals surface area contributed by atoms with Crippen LogP contribution in [-0.4, -0.2) is 41.4 Å². The number of alkyl halides is 2. The molecular formula is C25H28F3N5O2. The Bertz CT molecular complexity index is 1290. The van der Waals surface area contributed by atoms with Gasteiger partial charge in [0.15, 0.2) is 5.49 Å². The lowest BCUT2D eigenvalue weighted by Crippen LogP contribution is -2.37. The lowest BCUT2D eigenvalue weighted by atomic mass is 9.85. The van der Waals surface area contributed by atoms with Crippen molar-refractivity contribution in [2.45, 2.75) is 51.3 Å². The molecule has 1 N–H and O–H groups in total. The molecule has 1 atom stereocenters. The number of hydrogen-bond donors (Lipinski definition) is 1. The van der Waals surface area contributed by atoms with Crippen molar-refractivity contribution in [1.82, 2.24) is 14.5 Å². The molecule has 4 aliphatic rings. The highest BCUT2D eigenvalue weighted by Crippen LogP contribution is 2.43. The number of nitrogens with one attached hydrogen (secondary N) is 1. The number of pyridine rings is 1. The van der Waals surface area contributed by atoms with Gasteiger partial charge in [0.05, 0.1) is 17.2 Å². The summed E-state index contributed by atoms with van der Waals surface area (Å²) in [5.41, 5.74) is 1.02. The van der Waals surface area contributed by atoms with E-state index < -0.39 is 29.4 Å². The SMILES string of the molecule is COC1(c2cc3c(=NC(C)c4cccc(C(F)F)c4F)nc(C)nc-3n3c2NCC3)CCOCC1. The van der Waals surface area contributed by atoms with E-state index in [1.165, 1.54) is 12.1 Å². The largest absolute Gasteiger partial charge is 0.381 e. The predicted molar refractivity (Wildman–Crippen MR) is 124 cm³/mol. The van der Waals surface area contributed by atoms with E-state index in [2.05, 4.69) is 14.9 Å². The highest BCUT2D eigenvalue weighted by atomic mass is 19.3.